The number of aromatic nitrogens is 2. The maximum Gasteiger partial charge on any atom is 0.167 e. The fourth-order valence-electron chi connectivity index (χ4n) is 1.92. The fraction of sp³-hybridized carbons (Fsp3) is 0.333. The molecule has 2 rings (SSSR count). The van der Waals surface area contributed by atoms with Gasteiger partial charge in [0.15, 0.2) is 5.82 Å². The molecule has 21 heavy (non-hydrogen) atoms. The number of halogens is 2. The van der Waals surface area contributed by atoms with E-state index >= 15 is 0 Å². The molecule has 1 N–H and O–H groups in total. The largest absolute Gasteiger partial charge is 0.496 e. The van der Waals surface area contributed by atoms with Gasteiger partial charge >= 0.3 is 0 Å². The lowest BCUT2D eigenvalue weighted by Crippen LogP contribution is -2.08. The molecule has 0 radical (unpaired) electrons. The van der Waals surface area contributed by atoms with Crippen molar-refractivity contribution in [1.29, 1.82) is 0 Å². The van der Waals surface area contributed by atoms with Gasteiger partial charge < -0.3 is 10.1 Å². The predicted octanol–water partition coefficient (Wildman–Crippen LogP) is 4.54. The van der Waals surface area contributed by atoms with Gasteiger partial charge in [-0.3, -0.25) is 0 Å². The highest BCUT2D eigenvalue weighted by molar-refractivity contribution is 14.1. The third-order valence-electron chi connectivity index (χ3n) is 2.98. The van der Waals surface area contributed by atoms with Crippen LogP contribution in [0.15, 0.2) is 18.2 Å². The normalized spacial score (nSPS) is 10.5. The zero-order valence-electron chi connectivity index (χ0n) is 12.2. The Morgan fingerprint density at radius 1 is 1.33 bits per heavy atom. The van der Waals surface area contributed by atoms with Gasteiger partial charge in [0, 0.05) is 6.54 Å². The minimum Gasteiger partial charge on any atom is -0.496 e. The number of benzene rings is 1. The van der Waals surface area contributed by atoms with Gasteiger partial charge in [-0.15, -0.1) is 0 Å². The fourth-order valence-corrected chi connectivity index (χ4v) is 2.61. The summed E-state index contributed by atoms with van der Waals surface area (Å²) in [7, 11) is 1.62. The first-order chi connectivity index (χ1) is 10.1. The van der Waals surface area contributed by atoms with Crippen molar-refractivity contribution in [2.75, 3.05) is 19.0 Å². The van der Waals surface area contributed by atoms with E-state index in [0.717, 1.165) is 33.6 Å². The van der Waals surface area contributed by atoms with Gasteiger partial charge in [0.2, 0.25) is 0 Å². The molecule has 6 heteroatoms. The second-order valence-electron chi connectivity index (χ2n) is 4.54. The number of nitrogens with one attached hydrogen (secondary N) is 1. The highest BCUT2D eigenvalue weighted by Gasteiger charge is 2.16. The zero-order chi connectivity index (χ0) is 15.4. The molecule has 0 amide bonds. The quantitative estimate of drug-likeness (QED) is 0.726. The molecule has 0 saturated carbocycles. The van der Waals surface area contributed by atoms with E-state index in [0.29, 0.717) is 16.6 Å². The Hall–Kier alpha value is -1.08. The topological polar surface area (TPSA) is 47.0 Å². The Morgan fingerprint density at radius 2 is 2.10 bits per heavy atom. The van der Waals surface area contributed by atoms with E-state index in [-0.39, 0.29) is 0 Å². The van der Waals surface area contributed by atoms with Crippen LogP contribution >= 0.6 is 34.2 Å². The van der Waals surface area contributed by atoms with Crippen LogP contribution in [-0.4, -0.2) is 23.6 Å². The standard InChI is InChI=1S/C15H17ClIN3O/c1-4-8-18-15-13(17)9(2)19-14(20-15)12-10(16)6-5-7-11(12)21-3/h5-7H,4,8H2,1-3H3,(H,18,19,20). The maximum atomic E-state index is 6.31. The molecule has 1 aromatic carbocycles. The number of methoxy groups -OCH3 is 1. The van der Waals surface area contributed by atoms with Crippen LogP contribution in [0.3, 0.4) is 0 Å². The summed E-state index contributed by atoms with van der Waals surface area (Å²) in [6, 6.07) is 5.52. The van der Waals surface area contributed by atoms with Crippen LogP contribution in [0.25, 0.3) is 11.4 Å². The molecule has 0 bridgehead atoms. The van der Waals surface area contributed by atoms with Gasteiger partial charge in [-0.25, -0.2) is 9.97 Å². The summed E-state index contributed by atoms with van der Waals surface area (Å²) in [6.07, 6.45) is 1.03. The highest BCUT2D eigenvalue weighted by atomic mass is 127. The molecule has 0 spiro atoms. The van der Waals surface area contributed by atoms with E-state index in [2.05, 4.69) is 44.8 Å². The Labute approximate surface area is 143 Å². The van der Waals surface area contributed by atoms with Crippen LogP contribution in [0, 0.1) is 10.5 Å². The molecule has 0 aliphatic heterocycles. The summed E-state index contributed by atoms with van der Waals surface area (Å²) in [5, 5.41) is 3.91. The lowest BCUT2D eigenvalue weighted by Gasteiger charge is -2.13. The highest BCUT2D eigenvalue weighted by Crippen LogP contribution is 2.35. The van der Waals surface area contributed by atoms with E-state index in [1.807, 2.05) is 25.1 Å². The van der Waals surface area contributed by atoms with E-state index in [1.54, 1.807) is 7.11 Å². The average Bonchev–Trinajstić information content (AvgIpc) is 2.48. The van der Waals surface area contributed by atoms with Crippen molar-refractivity contribution in [1.82, 2.24) is 9.97 Å². The van der Waals surface area contributed by atoms with E-state index in [4.69, 9.17) is 16.3 Å². The third kappa shape index (κ3) is 3.58. The zero-order valence-corrected chi connectivity index (χ0v) is 15.1. The number of ether oxygens (including phenoxy) is 1. The lowest BCUT2D eigenvalue weighted by atomic mass is 10.2. The van der Waals surface area contributed by atoms with Gasteiger partial charge in [0.25, 0.3) is 0 Å². The molecular formula is C15H17ClIN3O. The molecule has 0 unspecified atom stereocenters. The third-order valence-corrected chi connectivity index (χ3v) is 4.58. The Morgan fingerprint density at radius 3 is 2.76 bits per heavy atom. The van der Waals surface area contributed by atoms with Gasteiger partial charge in [0.05, 0.1) is 27.0 Å². The van der Waals surface area contributed by atoms with Gasteiger partial charge in [0.1, 0.15) is 11.6 Å². The van der Waals surface area contributed by atoms with Crippen molar-refractivity contribution in [3.05, 3.63) is 32.5 Å². The van der Waals surface area contributed by atoms with Crippen molar-refractivity contribution in [2.45, 2.75) is 20.3 Å². The first-order valence-corrected chi connectivity index (χ1v) is 8.15. The van der Waals surface area contributed by atoms with Crippen LogP contribution in [0.5, 0.6) is 5.75 Å². The second kappa shape index (κ2) is 7.26. The van der Waals surface area contributed by atoms with Crippen molar-refractivity contribution in [2.24, 2.45) is 0 Å². The molecule has 0 atom stereocenters. The number of aryl methyl sites for hydroxylation is 1. The summed E-state index contributed by atoms with van der Waals surface area (Å²) in [5.41, 5.74) is 1.64. The van der Waals surface area contributed by atoms with Gasteiger partial charge in [-0.2, -0.15) is 0 Å². The van der Waals surface area contributed by atoms with Crippen LogP contribution in [0.4, 0.5) is 5.82 Å². The summed E-state index contributed by atoms with van der Waals surface area (Å²) in [6.45, 7) is 4.95. The molecular weight excluding hydrogens is 401 g/mol. The molecule has 1 aromatic heterocycles. The smallest absolute Gasteiger partial charge is 0.167 e. The van der Waals surface area contributed by atoms with E-state index in [1.165, 1.54) is 0 Å². The summed E-state index contributed by atoms with van der Waals surface area (Å²) in [5.74, 6) is 2.08. The minimum absolute atomic E-state index is 0.578. The summed E-state index contributed by atoms with van der Waals surface area (Å²) in [4.78, 5) is 9.17. The number of hydrogen-bond acceptors (Lipinski definition) is 4. The Kier molecular flexibility index (Phi) is 5.64. The lowest BCUT2D eigenvalue weighted by molar-refractivity contribution is 0.416. The predicted molar refractivity (Wildman–Crippen MR) is 95.3 cm³/mol. The Balaban J connectivity index is 2.57. The van der Waals surface area contributed by atoms with Crippen LogP contribution in [-0.2, 0) is 0 Å². The maximum absolute atomic E-state index is 6.31. The molecule has 4 nitrogen and oxygen atoms in total. The first-order valence-electron chi connectivity index (χ1n) is 6.69. The monoisotopic (exact) mass is 417 g/mol. The number of hydrogen-bond donors (Lipinski definition) is 1. The minimum atomic E-state index is 0.578. The molecule has 0 aliphatic rings. The van der Waals surface area contributed by atoms with Crippen LogP contribution in [0.1, 0.15) is 19.0 Å². The molecule has 0 aliphatic carbocycles. The van der Waals surface area contributed by atoms with Gasteiger partial charge in [-0.05, 0) is 48.1 Å². The van der Waals surface area contributed by atoms with Crippen molar-refractivity contribution >= 4 is 40.0 Å². The average molecular weight is 418 g/mol. The van der Waals surface area contributed by atoms with Crippen molar-refractivity contribution < 1.29 is 4.74 Å². The first kappa shape index (κ1) is 16.3. The van der Waals surface area contributed by atoms with Crippen LogP contribution < -0.4 is 10.1 Å². The van der Waals surface area contributed by atoms with E-state index in [9.17, 15) is 0 Å². The van der Waals surface area contributed by atoms with Gasteiger partial charge in [-0.1, -0.05) is 24.6 Å². The number of nitrogens with zero attached hydrogens (tertiary/aromatic N) is 2. The van der Waals surface area contributed by atoms with E-state index < -0.39 is 0 Å². The second-order valence-corrected chi connectivity index (χ2v) is 6.03. The SMILES string of the molecule is CCCNc1nc(-c2c(Cl)cccc2OC)nc(C)c1I. The molecule has 0 fully saturated rings. The van der Waals surface area contributed by atoms with Crippen molar-refractivity contribution in [3.8, 4) is 17.1 Å². The number of anilines is 1. The summed E-state index contributed by atoms with van der Waals surface area (Å²) >= 11 is 8.56. The van der Waals surface area contributed by atoms with Crippen molar-refractivity contribution in [3.63, 3.8) is 0 Å². The molecule has 2 aromatic rings. The summed E-state index contributed by atoms with van der Waals surface area (Å²) < 4.78 is 6.41. The Bertz CT molecular complexity index is 649. The number of rotatable bonds is 5. The molecule has 112 valence electrons. The molecule has 0 saturated heterocycles. The molecule has 1 heterocycles. The van der Waals surface area contributed by atoms with Crippen LogP contribution in [0.2, 0.25) is 5.02 Å².